The van der Waals surface area contributed by atoms with E-state index in [1.54, 1.807) is 0 Å². The molecule has 1 fully saturated rings. The van der Waals surface area contributed by atoms with Crippen LogP contribution in [0.4, 0.5) is 0 Å². The second kappa shape index (κ2) is 6.63. The van der Waals surface area contributed by atoms with Gasteiger partial charge in [-0.25, -0.2) is 0 Å². The monoisotopic (exact) mass is 301 g/mol. The Morgan fingerprint density at radius 2 is 2.00 bits per heavy atom. The third-order valence-corrected chi connectivity index (χ3v) is 4.88. The fourth-order valence-electron chi connectivity index (χ4n) is 2.56. The molecule has 1 heterocycles. The Hall–Kier alpha value is -1.32. The van der Waals surface area contributed by atoms with Crippen molar-refractivity contribution in [3.05, 3.63) is 52.2 Å². The average Bonchev–Trinajstić information content (AvgIpc) is 3.18. The molecule has 2 unspecified atom stereocenters. The van der Waals surface area contributed by atoms with Crippen LogP contribution >= 0.6 is 11.3 Å². The molecule has 1 aromatic carbocycles. The van der Waals surface area contributed by atoms with Gasteiger partial charge in [0.2, 0.25) is 0 Å². The normalized spacial score (nSPS) is 17.4. The summed E-state index contributed by atoms with van der Waals surface area (Å²) in [4.78, 5) is 1.46. The van der Waals surface area contributed by atoms with E-state index in [2.05, 4.69) is 48.8 Å². The molecular weight excluding hydrogens is 278 g/mol. The van der Waals surface area contributed by atoms with Crippen LogP contribution < -0.4 is 10.1 Å². The first-order chi connectivity index (χ1) is 10.2. The van der Waals surface area contributed by atoms with Gasteiger partial charge in [0, 0.05) is 17.0 Å². The van der Waals surface area contributed by atoms with Gasteiger partial charge < -0.3 is 10.1 Å². The van der Waals surface area contributed by atoms with Crippen molar-refractivity contribution in [3.8, 4) is 5.75 Å². The van der Waals surface area contributed by atoms with Crippen molar-refractivity contribution in [3.63, 3.8) is 0 Å². The molecule has 2 atom stereocenters. The quantitative estimate of drug-likeness (QED) is 0.809. The predicted molar refractivity (Wildman–Crippen MR) is 89.1 cm³/mol. The first kappa shape index (κ1) is 14.6. The first-order valence-electron chi connectivity index (χ1n) is 7.71. The predicted octanol–water partition coefficient (Wildman–Crippen LogP) is 4.56. The van der Waals surface area contributed by atoms with Gasteiger partial charge in [-0.2, -0.15) is 0 Å². The second-order valence-corrected chi connectivity index (χ2v) is 7.00. The molecule has 1 aliphatic carbocycles. The minimum Gasteiger partial charge on any atom is -0.492 e. The van der Waals surface area contributed by atoms with Gasteiger partial charge in [0.15, 0.2) is 0 Å². The van der Waals surface area contributed by atoms with Crippen molar-refractivity contribution in [1.29, 1.82) is 0 Å². The van der Waals surface area contributed by atoms with Gasteiger partial charge in [0.05, 0.1) is 0 Å². The van der Waals surface area contributed by atoms with Crippen molar-refractivity contribution in [2.75, 3.05) is 6.61 Å². The number of hydrogen-bond acceptors (Lipinski definition) is 3. The van der Waals surface area contributed by atoms with Crippen LogP contribution in [0.1, 0.15) is 36.2 Å². The van der Waals surface area contributed by atoms with Crippen molar-refractivity contribution >= 4 is 11.3 Å². The number of aryl methyl sites for hydroxylation is 1. The molecule has 0 spiro atoms. The van der Waals surface area contributed by atoms with Crippen molar-refractivity contribution in [2.45, 2.75) is 38.8 Å². The van der Waals surface area contributed by atoms with E-state index < -0.39 is 0 Å². The minimum atomic E-state index is 0.346. The molecular formula is C18H23NOS. The maximum Gasteiger partial charge on any atom is 0.119 e. The van der Waals surface area contributed by atoms with Gasteiger partial charge in [-0.15, -0.1) is 11.3 Å². The van der Waals surface area contributed by atoms with Gasteiger partial charge in [0.1, 0.15) is 12.4 Å². The van der Waals surface area contributed by atoms with E-state index in [1.165, 1.54) is 23.3 Å². The summed E-state index contributed by atoms with van der Waals surface area (Å²) in [5, 5.41) is 5.91. The Labute approximate surface area is 131 Å². The minimum absolute atomic E-state index is 0.346. The maximum absolute atomic E-state index is 5.88. The highest BCUT2D eigenvalue weighted by Gasteiger charge is 2.33. The van der Waals surface area contributed by atoms with E-state index in [-0.39, 0.29) is 0 Å². The van der Waals surface area contributed by atoms with Gasteiger partial charge in [-0.1, -0.05) is 23.8 Å². The molecule has 3 rings (SSSR count). The number of rotatable bonds is 7. The standard InChI is InChI=1S/C18H23NOS/c1-13-5-9-16(10-6-13)20-12-14(2)19-18(15-7-8-15)17-4-3-11-21-17/h3-6,9-11,14-15,18-19H,7-8,12H2,1-2H3. The Morgan fingerprint density at radius 3 is 2.62 bits per heavy atom. The van der Waals surface area contributed by atoms with Crippen molar-refractivity contribution in [1.82, 2.24) is 5.32 Å². The SMILES string of the molecule is Cc1ccc(OCC(C)NC(c2cccs2)C2CC2)cc1. The van der Waals surface area contributed by atoms with Gasteiger partial charge in [0.25, 0.3) is 0 Å². The summed E-state index contributed by atoms with van der Waals surface area (Å²) in [6.07, 6.45) is 2.70. The smallest absolute Gasteiger partial charge is 0.119 e. The molecule has 2 aromatic rings. The molecule has 2 nitrogen and oxygen atoms in total. The zero-order valence-corrected chi connectivity index (χ0v) is 13.5. The Kier molecular flexibility index (Phi) is 4.61. The van der Waals surface area contributed by atoms with Crippen LogP contribution in [0.2, 0.25) is 0 Å². The topological polar surface area (TPSA) is 21.3 Å². The Morgan fingerprint density at radius 1 is 1.24 bits per heavy atom. The van der Waals surface area contributed by atoms with Gasteiger partial charge >= 0.3 is 0 Å². The van der Waals surface area contributed by atoms with E-state index in [0.717, 1.165) is 11.7 Å². The largest absolute Gasteiger partial charge is 0.492 e. The van der Waals surface area contributed by atoms with E-state index in [4.69, 9.17) is 4.74 Å². The average molecular weight is 301 g/mol. The van der Waals surface area contributed by atoms with Crippen LogP contribution in [0.3, 0.4) is 0 Å². The second-order valence-electron chi connectivity index (χ2n) is 6.02. The van der Waals surface area contributed by atoms with Crippen LogP contribution in [-0.2, 0) is 0 Å². The van der Waals surface area contributed by atoms with E-state index >= 15 is 0 Å². The summed E-state index contributed by atoms with van der Waals surface area (Å²) in [6, 6.07) is 13.5. The Bertz CT molecular complexity index is 545. The zero-order chi connectivity index (χ0) is 14.7. The third kappa shape index (κ3) is 4.08. The highest BCUT2D eigenvalue weighted by Crippen LogP contribution is 2.42. The van der Waals surface area contributed by atoms with E-state index in [0.29, 0.717) is 18.7 Å². The van der Waals surface area contributed by atoms with Crippen LogP contribution in [0, 0.1) is 12.8 Å². The zero-order valence-electron chi connectivity index (χ0n) is 12.7. The summed E-state index contributed by atoms with van der Waals surface area (Å²) in [5.41, 5.74) is 1.26. The van der Waals surface area contributed by atoms with Gasteiger partial charge in [-0.3, -0.25) is 0 Å². The lowest BCUT2D eigenvalue weighted by molar-refractivity contribution is 0.256. The summed E-state index contributed by atoms with van der Waals surface area (Å²) >= 11 is 1.85. The molecule has 0 radical (unpaired) electrons. The first-order valence-corrected chi connectivity index (χ1v) is 8.59. The number of nitrogens with one attached hydrogen (secondary N) is 1. The number of thiophene rings is 1. The molecule has 1 saturated carbocycles. The van der Waals surface area contributed by atoms with Crippen molar-refractivity contribution < 1.29 is 4.74 Å². The van der Waals surface area contributed by atoms with Crippen LogP contribution in [0.25, 0.3) is 0 Å². The molecule has 1 aromatic heterocycles. The molecule has 0 aliphatic heterocycles. The van der Waals surface area contributed by atoms with Gasteiger partial charge in [-0.05, 0) is 56.2 Å². The lowest BCUT2D eigenvalue weighted by atomic mass is 10.1. The molecule has 3 heteroatoms. The molecule has 0 saturated heterocycles. The lowest BCUT2D eigenvalue weighted by Gasteiger charge is -2.22. The summed E-state index contributed by atoms with van der Waals surface area (Å²) in [5.74, 6) is 1.76. The lowest BCUT2D eigenvalue weighted by Crippen LogP contribution is -2.35. The summed E-state index contributed by atoms with van der Waals surface area (Å²) < 4.78 is 5.88. The highest BCUT2D eigenvalue weighted by atomic mass is 32.1. The summed E-state index contributed by atoms with van der Waals surface area (Å²) in [7, 11) is 0. The highest BCUT2D eigenvalue weighted by molar-refractivity contribution is 7.10. The fourth-order valence-corrected chi connectivity index (χ4v) is 3.44. The number of benzene rings is 1. The number of hydrogen-bond donors (Lipinski definition) is 1. The van der Waals surface area contributed by atoms with Crippen LogP contribution in [0.5, 0.6) is 5.75 Å². The van der Waals surface area contributed by atoms with Crippen molar-refractivity contribution in [2.24, 2.45) is 5.92 Å². The van der Waals surface area contributed by atoms with E-state index in [9.17, 15) is 0 Å². The molecule has 0 amide bonds. The van der Waals surface area contributed by atoms with Crippen LogP contribution in [-0.4, -0.2) is 12.6 Å². The molecule has 0 bridgehead atoms. The van der Waals surface area contributed by atoms with E-state index in [1.807, 2.05) is 23.5 Å². The molecule has 21 heavy (non-hydrogen) atoms. The number of ether oxygens (including phenoxy) is 1. The molecule has 112 valence electrons. The summed E-state index contributed by atoms with van der Waals surface area (Å²) in [6.45, 7) is 5.00. The maximum atomic E-state index is 5.88. The Balaban J connectivity index is 1.53. The third-order valence-electron chi connectivity index (χ3n) is 3.93. The molecule has 1 aliphatic rings. The fraction of sp³-hybridized carbons (Fsp3) is 0.444. The van der Waals surface area contributed by atoms with Crippen LogP contribution in [0.15, 0.2) is 41.8 Å². The molecule has 1 N–H and O–H groups in total.